The lowest BCUT2D eigenvalue weighted by atomic mass is 9.97. The molecule has 1 aliphatic heterocycles. The number of nitrogens with zero attached hydrogens (tertiary/aromatic N) is 1. The van der Waals surface area contributed by atoms with E-state index >= 15 is 0 Å². The van der Waals surface area contributed by atoms with E-state index in [0.717, 1.165) is 23.8 Å². The Bertz CT molecular complexity index is 201. The van der Waals surface area contributed by atoms with E-state index in [4.69, 9.17) is 0 Å². The van der Waals surface area contributed by atoms with Crippen molar-refractivity contribution in [3.8, 4) is 0 Å². The first kappa shape index (κ1) is 16.0. The first-order valence-electron chi connectivity index (χ1n) is 7.99. The van der Waals surface area contributed by atoms with Gasteiger partial charge in [-0.15, -0.1) is 0 Å². The van der Waals surface area contributed by atoms with Gasteiger partial charge in [0.1, 0.15) is 0 Å². The van der Waals surface area contributed by atoms with E-state index < -0.39 is 0 Å². The van der Waals surface area contributed by atoms with Gasteiger partial charge in [0.25, 0.3) is 0 Å². The maximum absolute atomic E-state index is 3.59. The summed E-state index contributed by atoms with van der Waals surface area (Å²) in [4.78, 5) is 2.77. The predicted octanol–water partition coefficient (Wildman–Crippen LogP) is 3.38. The van der Waals surface area contributed by atoms with Gasteiger partial charge in [0.2, 0.25) is 0 Å². The van der Waals surface area contributed by atoms with E-state index in [1.54, 1.807) is 0 Å². The molecule has 0 saturated carbocycles. The van der Waals surface area contributed by atoms with Crippen LogP contribution in [0.1, 0.15) is 53.9 Å². The molecule has 2 heteroatoms. The Kier molecular flexibility index (Phi) is 7.25. The minimum atomic E-state index is 0.785. The second-order valence-electron chi connectivity index (χ2n) is 6.79. The zero-order chi connectivity index (χ0) is 13.5. The number of hydrogen-bond acceptors (Lipinski definition) is 2. The van der Waals surface area contributed by atoms with Crippen LogP contribution < -0.4 is 5.32 Å². The lowest BCUT2D eigenvalue weighted by Gasteiger charge is -2.33. The molecule has 0 bridgehead atoms. The highest BCUT2D eigenvalue weighted by atomic mass is 15.2. The van der Waals surface area contributed by atoms with Gasteiger partial charge in [0, 0.05) is 12.6 Å². The zero-order valence-corrected chi connectivity index (χ0v) is 13.2. The second-order valence-corrected chi connectivity index (χ2v) is 6.79. The van der Waals surface area contributed by atoms with Crippen LogP contribution in [-0.2, 0) is 0 Å². The van der Waals surface area contributed by atoms with Gasteiger partial charge in [-0.2, -0.15) is 0 Å². The van der Waals surface area contributed by atoms with Gasteiger partial charge in [0.05, 0.1) is 0 Å². The highest BCUT2D eigenvalue weighted by molar-refractivity contribution is 4.88. The molecule has 1 heterocycles. The summed E-state index contributed by atoms with van der Waals surface area (Å²) in [6.45, 7) is 16.7. The van der Waals surface area contributed by atoms with Gasteiger partial charge in [0.15, 0.2) is 0 Å². The van der Waals surface area contributed by atoms with Gasteiger partial charge in [-0.25, -0.2) is 0 Å². The van der Waals surface area contributed by atoms with Crippen LogP contribution in [0.5, 0.6) is 0 Å². The molecule has 108 valence electrons. The average Bonchev–Trinajstić information content (AvgIpc) is 2.76. The van der Waals surface area contributed by atoms with E-state index in [1.807, 2.05) is 0 Å². The molecule has 0 amide bonds. The van der Waals surface area contributed by atoms with Crippen LogP contribution in [-0.4, -0.2) is 37.1 Å². The van der Waals surface area contributed by atoms with Crippen molar-refractivity contribution in [2.24, 2.45) is 17.8 Å². The topological polar surface area (TPSA) is 15.3 Å². The minimum absolute atomic E-state index is 0.785. The van der Waals surface area contributed by atoms with E-state index in [-0.39, 0.29) is 0 Å². The number of nitrogens with one attached hydrogen (secondary N) is 1. The highest BCUT2D eigenvalue weighted by Crippen LogP contribution is 2.21. The summed E-state index contributed by atoms with van der Waals surface area (Å²) in [5.74, 6) is 2.51. The highest BCUT2D eigenvalue weighted by Gasteiger charge is 2.30. The summed E-state index contributed by atoms with van der Waals surface area (Å²) in [6, 6.07) is 0.785. The van der Waals surface area contributed by atoms with Crippen molar-refractivity contribution in [3.05, 3.63) is 0 Å². The lowest BCUT2D eigenvalue weighted by molar-refractivity contribution is 0.153. The first-order chi connectivity index (χ1) is 8.54. The summed E-state index contributed by atoms with van der Waals surface area (Å²) in [5.41, 5.74) is 0. The molecule has 0 aromatic heterocycles. The summed E-state index contributed by atoms with van der Waals surface area (Å²) in [5, 5.41) is 3.59. The Morgan fingerprint density at radius 2 is 1.56 bits per heavy atom. The standard InChI is InChI=1S/C16H34N2/c1-6-15-11-17-12-16(15)18(9-7-13(2)3)10-8-14(4)5/h13-17H,6-12H2,1-5H3. The molecule has 0 spiro atoms. The Labute approximate surface area is 115 Å². The first-order valence-corrected chi connectivity index (χ1v) is 7.99. The van der Waals surface area contributed by atoms with Crippen LogP contribution in [0, 0.1) is 17.8 Å². The Morgan fingerprint density at radius 1 is 1.00 bits per heavy atom. The van der Waals surface area contributed by atoms with Crippen LogP contribution in [0.3, 0.4) is 0 Å². The third-order valence-electron chi connectivity index (χ3n) is 4.28. The summed E-state index contributed by atoms with van der Waals surface area (Å²) < 4.78 is 0. The molecule has 2 unspecified atom stereocenters. The number of rotatable bonds is 8. The molecule has 1 N–H and O–H groups in total. The predicted molar refractivity (Wildman–Crippen MR) is 80.9 cm³/mol. The molecular weight excluding hydrogens is 220 g/mol. The van der Waals surface area contributed by atoms with Crippen molar-refractivity contribution in [1.82, 2.24) is 10.2 Å². The van der Waals surface area contributed by atoms with Gasteiger partial charge in [-0.05, 0) is 50.2 Å². The van der Waals surface area contributed by atoms with Crippen LogP contribution in [0.2, 0.25) is 0 Å². The fourth-order valence-corrected chi connectivity index (χ4v) is 2.85. The van der Waals surface area contributed by atoms with E-state index in [1.165, 1.54) is 45.4 Å². The lowest BCUT2D eigenvalue weighted by Crippen LogP contribution is -2.42. The van der Waals surface area contributed by atoms with Crippen LogP contribution >= 0.6 is 0 Å². The van der Waals surface area contributed by atoms with Crippen molar-refractivity contribution >= 4 is 0 Å². The molecule has 1 rings (SSSR count). The molecule has 0 aromatic rings. The van der Waals surface area contributed by atoms with Gasteiger partial charge in [-0.1, -0.05) is 41.0 Å². The summed E-state index contributed by atoms with van der Waals surface area (Å²) in [6.07, 6.45) is 3.99. The van der Waals surface area contributed by atoms with E-state index in [2.05, 4.69) is 44.8 Å². The van der Waals surface area contributed by atoms with Gasteiger partial charge < -0.3 is 5.32 Å². The number of hydrogen-bond donors (Lipinski definition) is 1. The third kappa shape index (κ3) is 5.27. The maximum Gasteiger partial charge on any atom is 0.0260 e. The molecule has 2 atom stereocenters. The normalized spacial score (nSPS) is 24.7. The molecule has 1 aliphatic rings. The zero-order valence-electron chi connectivity index (χ0n) is 13.2. The molecule has 0 aliphatic carbocycles. The van der Waals surface area contributed by atoms with Crippen LogP contribution in [0.15, 0.2) is 0 Å². The van der Waals surface area contributed by atoms with E-state index in [0.29, 0.717) is 0 Å². The van der Waals surface area contributed by atoms with Crippen molar-refractivity contribution in [2.75, 3.05) is 26.2 Å². The SMILES string of the molecule is CCC1CNCC1N(CCC(C)C)CCC(C)C. The average molecular weight is 254 g/mol. The van der Waals surface area contributed by atoms with Crippen LogP contribution in [0.4, 0.5) is 0 Å². The van der Waals surface area contributed by atoms with Crippen molar-refractivity contribution in [3.63, 3.8) is 0 Å². The van der Waals surface area contributed by atoms with Gasteiger partial charge >= 0.3 is 0 Å². The van der Waals surface area contributed by atoms with Crippen molar-refractivity contribution in [1.29, 1.82) is 0 Å². The molecule has 2 nitrogen and oxygen atoms in total. The van der Waals surface area contributed by atoms with Crippen molar-refractivity contribution in [2.45, 2.75) is 59.9 Å². The Balaban J connectivity index is 2.51. The minimum Gasteiger partial charge on any atom is -0.315 e. The molecule has 0 radical (unpaired) electrons. The Morgan fingerprint density at radius 3 is 2.00 bits per heavy atom. The van der Waals surface area contributed by atoms with E-state index in [9.17, 15) is 0 Å². The largest absolute Gasteiger partial charge is 0.315 e. The fraction of sp³-hybridized carbons (Fsp3) is 1.00. The maximum atomic E-state index is 3.59. The smallest absolute Gasteiger partial charge is 0.0260 e. The molecule has 1 fully saturated rings. The molecule has 18 heavy (non-hydrogen) atoms. The summed E-state index contributed by atoms with van der Waals surface area (Å²) >= 11 is 0. The quantitative estimate of drug-likeness (QED) is 0.714. The fourth-order valence-electron chi connectivity index (χ4n) is 2.85. The van der Waals surface area contributed by atoms with Crippen molar-refractivity contribution < 1.29 is 0 Å². The molecule has 0 aromatic carbocycles. The molecular formula is C16H34N2. The molecule has 1 saturated heterocycles. The third-order valence-corrected chi connectivity index (χ3v) is 4.28. The Hall–Kier alpha value is -0.0800. The van der Waals surface area contributed by atoms with Crippen LogP contribution in [0.25, 0.3) is 0 Å². The summed E-state index contributed by atoms with van der Waals surface area (Å²) in [7, 11) is 0. The second kappa shape index (κ2) is 8.16. The van der Waals surface area contributed by atoms with Gasteiger partial charge in [-0.3, -0.25) is 4.90 Å². The monoisotopic (exact) mass is 254 g/mol.